The Balaban J connectivity index is 1.52. The van der Waals surface area contributed by atoms with Gasteiger partial charge in [0.15, 0.2) is 5.69 Å². The number of aryl methyl sites for hydroxylation is 1. The van der Waals surface area contributed by atoms with Crippen molar-refractivity contribution in [3.63, 3.8) is 0 Å². The van der Waals surface area contributed by atoms with Gasteiger partial charge in [0.2, 0.25) is 0 Å². The first-order chi connectivity index (χ1) is 11.6. The number of benzene rings is 1. The highest BCUT2D eigenvalue weighted by molar-refractivity contribution is 7.13. The second-order valence-electron chi connectivity index (χ2n) is 5.07. The predicted molar refractivity (Wildman–Crippen MR) is 91.3 cm³/mol. The second kappa shape index (κ2) is 7.14. The molecule has 0 spiro atoms. The SMILES string of the molecule is Nc1ccccc1OCCCn1cc(-c2nc(C(=O)O)cs2)cn1. The minimum Gasteiger partial charge on any atom is -0.491 e. The van der Waals surface area contributed by atoms with E-state index in [2.05, 4.69) is 10.1 Å². The van der Waals surface area contributed by atoms with Gasteiger partial charge in [-0.05, 0) is 12.1 Å². The van der Waals surface area contributed by atoms with E-state index in [0.29, 0.717) is 29.6 Å². The molecule has 0 saturated heterocycles. The number of para-hydroxylation sites is 2. The molecule has 1 aromatic carbocycles. The third-order valence-electron chi connectivity index (χ3n) is 3.31. The fraction of sp³-hybridized carbons (Fsp3) is 0.188. The summed E-state index contributed by atoms with van der Waals surface area (Å²) in [5.41, 5.74) is 7.30. The molecule has 0 aliphatic heterocycles. The van der Waals surface area contributed by atoms with E-state index < -0.39 is 5.97 Å². The summed E-state index contributed by atoms with van der Waals surface area (Å²) in [4.78, 5) is 14.9. The van der Waals surface area contributed by atoms with Crippen molar-refractivity contribution < 1.29 is 14.6 Å². The molecule has 0 saturated carbocycles. The van der Waals surface area contributed by atoms with Crippen molar-refractivity contribution in [1.82, 2.24) is 14.8 Å². The molecule has 3 N–H and O–H groups in total. The zero-order valence-electron chi connectivity index (χ0n) is 12.8. The van der Waals surface area contributed by atoms with Crippen LogP contribution < -0.4 is 10.5 Å². The Morgan fingerprint density at radius 3 is 2.96 bits per heavy atom. The van der Waals surface area contributed by atoms with Gasteiger partial charge in [0.05, 0.1) is 18.5 Å². The molecule has 0 amide bonds. The van der Waals surface area contributed by atoms with Gasteiger partial charge in [-0.1, -0.05) is 12.1 Å². The number of aromatic carboxylic acids is 1. The van der Waals surface area contributed by atoms with E-state index >= 15 is 0 Å². The number of thiazole rings is 1. The molecule has 3 rings (SSSR count). The normalized spacial score (nSPS) is 10.7. The summed E-state index contributed by atoms with van der Waals surface area (Å²) in [7, 11) is 0. The number of nitrogen functional groups attached to an aromatic ring is 1. The first-order valence-corrected chi connectivity index (χ1v) is 8.20. The van der Waals surface area contributed by atoms with E-state index in [1.807, 2.05) is 24.4 Å². The molecule has 0 aliphatic rings. The van der Waals surface area contributed by atoms with Crippen molar-refractivity contribution in [3.05, 3.63) is 47.7 Å². The third-order valence-corrected chi connectivity index (χ3v) is 4.20. The molecule has 3 aromatic rings. The maximum absolute atomic E-state index is 10.9. The number of rotatable bonds is 7. The van der Waals surface area contributed by atoms with E-state index in [0.717, 1.165) is 12.0 Å². The summed E-state index contributed by atoms with van der Waals surface area (Å²) in [5.74, 6) is -0.343. The fourth-order valence-corrected chi connectivity index (χ4v) is 2.89. The van der Waals surface area contributed by atoms with Crippen LogP contribution in [0.25, 0.3) is 10.6 Å². The van der Waals surface area contributed by atoms with Gasteiger partial charge >= 0.3 is 5.97 Å². The number of carbonyl (C=O) groups is 1. The largest absolute Gasteiger partial charge is 0.491 e. The first kappa shape index (κ1) is 16.0. The quantitative estimate of drug-likeness (QED) is 0.504. The highest BCUT2D eigenvalue weighted by atomic mass is 32.1. The number of ether oxygens (including phenoxy) is 1. The van der Waals surface area contributed by atoms with Crippen molar-refractivity contribution in [2.75, 3.05) is 12.3 Å². The zero-order valence-corrected chi connectivity index (χ0v) is 13.6. The fourth-order valence-electron chi connectivity index (χ4n) is 2.12. The van der Waals surface area contributed by atoms with Crippen LogP contribution in [0.2, 0.25) is 0 Å². The number of anilines is 1. The van der Waals surface area contributed by atoms with Gasteiger partial charge in [-0.3, -0.25) is 4.68 Å². The molecule has 124 valence electrons. The molecule has 2 aromatic heterocycles. The topological polar surface area (TPSA) is 103 Å². The van der Waals surface area contributed by atoms with Gasteiger partial charge in [0, 0.05) is 30.1 Å². The van der Waals surface area contributed by atoms with Gasteiger partial charge in [0.1, 0.15) is 10.8 Å². The number of nitrogens with zero attached hydrogens (tertiary/aromatic N) is 3. The Morgan fingerprint density at radius 2 is 2.21 bits per heavy atom. The van der Waals surface area contributed by atoms with Gasteiger partial charge in [0.25, 0.3) is 0 Å². The van der Waals surface area contributed by atoms with E-state index in [4.69, 9.17) is 15.6 Å². The smallest absolute Gasteiger partial charge is 0.355 e. The van der Waals surface area contributed by atoms with Crippen LogP contribution in [-0.4, -0.2) is 32.4 Å². The Kier molecular flexibility index (Phi) is 4.76. The molecule has 0 fully saturated rings. The highest BCUT2D eigenvalue weighted by Gasteiger charge is 2.11. The third kappa shape index (κ3) is 3.72. The van der Waals surface area contributed by atoms with Gasteiger partial charge in [-0.15, -0.1) is 11.3 Å². The summed E-state index contributed by atoms with van der Waals surface area (Å²) >= 11 is 1.29. The van der Waals surface area contributed by atoms with Crippen LogP contribution in [0.5, 0.6) is 5.75 Å². The summed E-state index contributed by atoms with van der Waals surface area (Å²) in [5, 5.41) is 15.3. The average Bonchev–Trinajstić information content (AvgIpc) is 3.22. The Bertz CT molecular complexity index is 843. The zero-order chi connectivity index (χ0) is 16.9. The van der Waals surface area contributed by atoms with Crippen LogP contribution in [0.15, 0.2) is 42.0 Å². The molecule has 2 heterocycles. The van der Waals surface area contributed by atoms with Crippen molar-refractivity contribution in [2.45, 2.75) is 13.0 Å². The summed E-state index contributed by atoms with van der Waals surface area (Å²) in [6.07, 6.45) is 4.30. The van der Waals surface area contributed by atoms with Crippen molar-refractivity contribution >= 4 is 23.0 Å². The Hall–Kier alpha value is -2.87. The first-order valence-electron chi connectivity index (χ1n) is 7.32. The van der Waals surface area contributed by atoms with E-state index in [1.54, 1.807) is 16.9 Å². The standard InChI is InChI=1S/C16H16N4O3S/c17-12-4-1-2-5-14(12)23-7-3-6-20-9-11(8-18-20)15-19-13(10-24-15)16(21)22/h1-2,4-5,8-10H,3,6-7,17H2,(H,21,22). The van der Waals surface area contributed by atoms with Gasteiger partial charge in [-0.2, -0.15) is 5.10 Å². The van der Waals surface area contributed by atoms with Gasteiger partial charge in [-0.25, -0.2) is 9.78 Å². The molecule has 24 heavy (non-hydrogen) atoms. The number of hydrogen-bond donors (Lipinski definition) is 2. The van der Waals surface area contributed by atoms with Crippen LogP contribution in [-0.2, 0) is 6.54 Å². The summed E-state index contributed by atoms with van der Waals surface area (Å²) < 4.78 is 7.42. The van der Waals surface area contributed by atoms with Crippen LogP contribution in [0, 0.1) is 0 Å². The number of carboxylic acids is 1. The van der Waals surface area contributed by atoms with E-state index in [9.17, 15) is 4.79 Å². The van der Waals surface area contributed by atoms with Crippen LogP contribution >= 0.6 is 11.3 Å². The molecule has 0 atom stereocenters. The monoisotopic (exact) mass is 344 g/mol. The van der Waals surface area contributed by atoms with E-state index in [-0.39, 0.29) is 5.69 Å². The molecule has 0 aliphatic carbocycles. The minimum absolute atomic E-state index is 0.0524. The van der Waals surface area contributed by atoms with Crippen molar-refractivity contribution in [1.29, 1.82) is 0 Å². The molecular formula is C16H16N4O3S. The second-order valence-corrected chi connectivity index (χ2v) is 5.93. The van der Waals surface area contributed by atoms with Crippen molar-refractivity contribution in [2.24, 2.45) is 0 Å². The number of aromatic nitrogens is 3. The lowest BCUT2D eigenvalue weighted by molar-refractivity contribution is 0.0691. The van der Waals surface area contributed by atoms with Crippen molar-refractivity contribution in [3.8, 4) is 16.3 Å². The lowest BCUT2D eigenvalue weighted by Crippen LogP contribution is -2.05. The lowest BCUT2D eigenvalue weighted by atomic mass is 10.3. The molecule has 0 unspecified atom stereocenters. The molecule has 7 nitrogen and oxygen atoms in total. The summed E-state index contributed by atoms with van der Waals surface area (Å²) in [6, 6.07) is 7.38. The maximum Gasteiger partial charge on any atom is 0.355 e. The molecule has 0 bridgehead atoms. The Labute approximate surface area is 142 Å². The average molecular weight is 344 g/mol. The Morgan fingerprint density at radius 1 is 1.38 bits per heavy atom. The highest BCUT2D eigenvalue weighted by Crippen LogP contribution is 2.23. The number of nitrogens with two attached hydrogens (primary N) is 1. The minimum atomic E-state index is -1.03. The lowest BCUT2D eigenvalue weighted by Gasteiger charge is -2.08. The predicted octanol–water partition coefficient (Wildman–Crippen LogP) is 2.76. The van der Waals surface area contributed by atoms with Gasteiger partial charge < -0.3 is 15.6 Å². The van der Waals surface area contributed by atoms with Crippen LogP contribution in [0.4, 0.5) is 5.69 Å². The maximum atomic E-state index is 10.9. The van der Waals surface area contributed by atoms with E-state index in [1.165, 1.54) is 16.7 Å². The van der Waals surface area contributed by atoms with Crippen LogP contribution in [0.1, 0.15) is 16.9 Å². The molecular weight excluding hydrogens is 328 g/mol. The molecule has 0 radical (unpaired) electrons. The molecule has 8 heteroatoms. The number of hydrogen-bond acceptors (Lipinski definition) is 6. The van der Waals surface area contributed by atoms with Crippen LogP contribution in [0.3, 0.4) is 0 Å². The number of carboxylic acid groups (broad SMARTS) is 1. The summed E-state index contributed by atoms with van der Waals surface area (Å²) in [6.45, 7) is 1.22.